The zero-order valence-corrected chi connectivity index (χ0v) is 10.8. The molecule has 0 bridgehead atoms. The van der Waals surface area contributed by atoms with E-state index < -0.39 is 4.92 Å². The third-order valence-electron chi connectivity index (χ3n) is 2.80. The van der Waals surface area contributed by atoms with Crippen molar-refractivity contribution in [3.63, 3.8) is 0 Å². The van der Waals surface area contributed by atoms with Crippen LogP contribution in [0.1, 0.15) is 21.6 Å². The highest BCUT2D eigenvalue weighted by molar-refractivity contribution is 5.76. The molecule has 0 radical (unpaired) electrons. The highest BCUT2D eigenvalue weighted by Crippen LogP contribution is 2.28. The summed E-state index contributed by atoms with van der Waals surface area (Å²) in [5, 5.41) is 10.9. The van der Waals surface area contributed by atoms with E-state index in [9.17, 15) is 14.9 Å². The van der Waals surface area contributed by atoms with Crippen molar-refractivity contribution in [3.8, 4) is 5.75 Å². The fourth-order valence-corrected chi connectivity index (χ4v) is 1.69. The van der Waals surface area contributed by atoms with Crippen LogP contribution in [0.15, 0.2) is 36.5 Å². The lowest BCUT2D eigenvalue weighted by atomic mass is 10.2. The molecule has 0 atom stereocenters. The molecule has 0 saturated heterocycles. The Bertz CT molecular complexity index is 655. The van der Waals surface area contributed by atoms with Crippen LogP contribution >= 0.6 is 0 Å². The third kappa shape index (κ3) is 2.97. The lowest BCUT2D eigenvalue weighted by molar-refractivity contribution is -0.385. The largest absolute Gasteiger partial charge is 0.480 e. The molecule has 1 aromatic carbocycles. The molecular weight excluding hydrogens is 260 g/mol. The molecule has 20 heavy (non-hydrogen) atoms. The van der Waals surface area contributed by atoms with Crippen LogP contribution in [0.2, 0.25) is 0 Å². The van der Waals surface area contributed by atoms with Gasteiger partial charge in [0.25, 0.3) is 0 Å². The summed E-state index contributed by atoms with van der Waals surface area (Å²) in [4.78, 5) is 25.3. The molecule has 0 fully saturated rings. The second kappa shape index (κ2) is 5.92. The van der Waals surface area contributed by atoms with Gasteiger partial charge in [-0.25, -0.2) is 0 Å². The predicted molar refractivity (Wildman–Crippen MR) is 71.8 cm³/mol. The van der Waals surface area contributed by atoms with Crippen LogP contribution in [0.3, 0.4) is 0 Å². The number of aryl methyl sites for hydroxylation is 1. The summed E-state index contributed by atoms with van der Waals surface area (Å²) in [6, 6.07) is 7.66. The number of aldehydes is 1. The number of carbonyl (C=O) groups is 1. The van der Waals surface area contributed by atoms with E-state index >= 15 is 0 Å². The van der Waals surface area contributed by atoms with Crippen molar-refractivity contribution in [2.75, 3.05) is 0 Å². The Morgan fingerprint density at radius 3 is 2.85 bits per heavy atom. The van der Waals surface area contributed by atoms with Gasteiger partial charge in [0.15, 0.2) is 5.75 Å². The van der Waals surface area contributed by atoms with E-state index in [-0.39, 0.29) is 18.0 Å². The molecule has 1 heterocycles. The topological polar surface area (TPSA) is 82.3 Å². The molecule has 0 aliphatic carbocycles. The summed E-state index contributed by atoms with van der Waals surface area (Å²) in [6.07, 6.45) is 2.24. The van der Waals surface area contributed by atoms with Gasteiger partial charge >= 0.3 is 5.69 Å². The van der Waals surface area contributed by atoms with Crippen molar-refractivity contribution in [3.05, 3.63) is 63.5 Å². The number of hydrogen-bond donors (Lipinski definition) is 0. The Morgan fingerprint density at radius 1 is 1.40 bits per heavy atom. The maximum Gasteiger partial charge on any atom is 0.310 e. The van der Waals surface area contributed by atoms with Crippen LogP contribution in [-0.2, 0) is 6.61 Å². The molecule has 0 saturated carbocycles. The normalized spacial score (nSPS) is 10.1. The van der Waals surface area contributed by atoms with Gasteiger partial charge in [-0.05, 0) is 30.7 Å². The zero-order chi connectivity index (χ0) is 14.5. The van der Waals surface area contributed by atoms with Gasteiger partial charge in [0, 0.05) is 17.8 Å². The molecule has 0 N–H and O–H groups in total. The summed E-state index contributed by atoms with van der Waals surface area (Å²) < 4.78 is 5.44. The van der Waals surface area contributed by atoms with Gasteiger partial charge in [-0.2, -0.15) is 0 Å². The fourth-order valence-electron chi connectivity index (χ4n) is 1.69. The molecular formula is C14H12N2O4. The summed E-state index contributed by atoms with van der Waals surface area (Å²) in [5.41, 5.74) is 1.77. The van der Waals surface area contributed by atoms with Crippen LogP contribution in [0.4, 0.5) is 5.69 Å². The highest BCUT2D eigenvalue weighted by atomic mass is 16.6. The number of nitro benzene ring substituents is 1. The van der Waals surface area contributed by atoms with E-state index in [2.05, 4.69) is 4.98 Å². The first-order chi connectivity index (χ1) is 9.61. The molecule has 0 aliphatic rings. The predicted octanol–water partition coefficient (Wildman–Crippen LogP) is 2.69. The number of hydrogen-bond acceptors (Lipinski definition) is 5. The molecule has 0 spiro atoms. The average Bonchev–Trinajstić information content (AvgIpc) is 2.46. The number of nitrogens with zero attached hydrogens (tertiary/aromatic N) is 2. The smallest absolute Gasteiger partial charge is 0.310 e. The average molecular weight is 272 g/mol. The number of rotatable bonds is 5. The van der Waals surface area contributed by atoms with Gasteiger partial charge in [0.1, 0.15) is 12.9 Å². The second-order valence-electron chi connectivity index (χ2n) is 4.16. The minimum Gasteiger partial charge on any atom is -0.480 e. The highest BCUT2D eigenvalue weighted by Gasteiger charge is 2.16. The molecule has 0 aliphatic heterocycles. The van der Waals surface area contributed by atoms with Crippen LogP contribution in [0.5, 0.6) is 5.75 Å². The van der Waals surface area contributed by atoms with Crippen LogP contribution in [0, 0.1) is 17.0 Å². The van der Waals surface area contributed by atoms with Crippen molar-refractivity contribution in [2.45, 2.75) is 13.5 Å². The summed E-state index contributed by atoms with van der Waals surface area (Å²) in [5.74, 6) is 0.0599. The number of ether oxygens (including phenoxy) is 1. The van der Waals surface area contributed by atoms with Gasteiger partial charge < -0.3 is 4.74 Å². The second-order valence-corrected chi connectivity index (χ2v) is 4.16. The number of carbonyl (C=O) groups excluding carboxylic acids is 1. The number of benzene rings is 1. The van der Waals surface area contributed by atoms with Gasteiger partial charge in [0.05, 0.1) is 10.6 Å². The van der Waals surface area contributed by atoms with Crippen molar-refractivity contribution in [2.24, 2.45) is 0 Å². The Hall–Kier alpha value is -2.76. The van der Waals surface area contributed by atoms with E-state index in [1.165, 1.54) is 18.2 Å². The monoisotopic (exact) mass is 272 g/mol. The fraction of sp³-hybridized carbons (Fsp3) is 0.143. The molecule has 2 rings (SSSR count). The maximum atomic E-state index is 10.9. The van der Waals surface area contributed by atoms with E-state index in [0.717, 1.165) is 5.56 Å². The Labute approximate surface area is 115 Å². The number of pyridine rings is 1. The van der Waals surface area contributed by atoms with E-state index in [1.807, 2.05) is 13.0 Å². The van der Waals surface area contributed by atoms with Gasteiger partial charge in [0.2, 0.25) is 0 Å². The number of aromatic nitrogens is 1. The summed E-state index contributed by atoms with van der Waals surface area (Å²) in [6.45, 7) is 1.98. The van der Waals surface area contributed by atoms with Gasteiger partial charge in [-0.3, -0.25) is 19.9 Å². The van der Waals surface area contributed by atoms with Crippen LogP contribution in [-0.4, -0.2) is 16.2 Å². The SMILES string of the molecule is Cc1cccnc1COc1cc(C=O)ccc1[N+](=O)[O-]. The van der Waals surface area contributed by atoms with Gasteiger partial charge in [-0.1, -0.05) is 6.07 Å². The van der Waals surface area contributed by atoms with Crippen molar-refractivity contribution in [1.82, 2.24) is 4.98 Å². The lowest BCUT2D eigenvalue weighted by Crippen LogP contribution is -2.03. The zero-order valence-electron chi connectivity index (χ0n) is 10.8. The van der Waals surface area contributed by atoms with Crippen molar-refractivity contribution in [1.29, 1.82) is 0 Å². The maximum absolute atomic E-state index is 10.9. The third-order valence-corrected chi connectivity index (χ3v) is 2.80. The Balaban J connectivity index is 2.26. The quantitative estimate of drug-likeness (QED) is 0.474. The molecule has 102 valence electrons. The van der Waals surface area contributed by atoms with E-state index in [1.54, 1.807) is 12.3 Å². The molecule has 2 aromatic rings. The first-order valence-electron chi connectivity index (χ1n) is 5.88. The lowest BCUT2D eigenvalue weighted by Gasteiger charge is -2.08. The molecule has 0 unspecified atom stereocenters. The summed E-state index contributed by atoms with van der Waals surface area (Å²) in [7, 11) is 0. The standard InChI is InChI=1S/C14H12N2O4/c1-10-3-2-6-15-12(10)9-20-14-7-11(8-17)4-5-13(14)16(18)19/h2-8H,9H2,1H3. The Kier molecular flexibility index (Phi) is 4.05. The van der Waals surface area contributed by atoms with Gasteiger partial charge in [-0.15, -0.1) is 0 Å². The van der Waals surface area contributed by atoms with Crippen molar-refractivity contribution >= 4 is 12.0 Å². The van der Waals surface area contributed by atoms with E-state index in [0.29, 0.717) is 17.5 Å². The number of nitro groups is 1. The van der Waals surface area contributed by atoms with Crippen molar-refractivity contribution < 1.29 is 14.5 Å². The summed E-state index contributed by atoms with van der Waals surface area (Å²) >= 11 is 0. The van der Waals surface area contributed by atoms with E-state index in [4.69, 9.17) is 4.74 Å². The molecule has 6 heteroatoms. The first-order valence-corrected chi connectivity index (χ1v) is 5.88. The molecule has 6 nitrogen and oxygen atoms in total. The molecule has 0 amide bonds. The molecule has 1 aromatic heterocycles. The Morgan fingerprint density at radius 2 is 2.20 bits per heavy atom. The van der Waals surface area contributed by atoms with Crippen LogP contribution in [0.25, 0.3) is 0 Å². The first kappa shape index (κ1) is 13.7. The minimum atomic E-state index is -0.546. The minimum absolute atomic E-state index is 0.0599. The van der Waals surface area contributed by atoms with Crippen LogP contribution < -0.4 is 4.74 Å².